The first-order chi connectivity index (χ1) is 15.2. The molecule has 3 aromatic heterocycles. The normalized spacial score (nSPS) is 11.4. The molecule has 0 radical (unpaired) electrons. The average Bonchev–Trinajstić information content (AvgIpc) is 3.27. The van der Waals surface area contributed by atoms with E-state index >= 15 is 0 Å². The average molecular weight is 432 g/mol. The van der Waals surface area contributed by atoms with Crippen molar-refractivity contribution >= 4 is 34.1 Å². The lowest BCUT2D eigenvalue weighted by molar-refractivity contribution is 0.102. The molecule has 4 rings (SSSR count). The highest BCUT2D eigenvalue weighted by Crippen LogP contribution is 2.27. The van der Waals surface area contributed by atoms with Gasteiger partial charge in [0, 0.05) is 16.8 Å². The van der Waals surface area contributed by atoms with Gasteiger partial charge in [-0.3, -0.25) is 9.89 Å². The molecule has 0 aliphatic carbocycles. The molecule has 1 amide bonds. The van der Waals surface area contributed by atoms with Crippen molar-refractivity contribution in [3.05, 3.63) is 53.7 Å². The Morgan fingerprint density at radius 2 is 1.94 bits per heavy atom. The number of carbonyl (C=O) groups excluding carboxylic acids is 1. The van der Waals surface area contributed by atoms with Crippen molar-refractivity contribution in [3.8, 4) is 6.01 Å². The van der Waals surface area contributed by atoms with Crippen LogP contribution in [0.4, 0.5) is 17.2 Å². The zero-order valence-electron chi connectivity index (χ0n) is 18.5. The molecule has 0 unspecified atom stereocenters. The van der Waals surface area contributed by atoms with Crippen molar-refractivity contribution in [2.24, 2.45) is 0 Å². The number of hydrogen-bond donors (Lipinski definition) is 3. The summed E-state index contributed by atoms with van der Waals surface area (Å²) in [6, 6.07) is 7.57. The number of nitrogens with one attached hydrogen (secondary N) is 3. The van der Waals surface area contributed by atoms with Crippen molar-refractivity contribution in [2.45, 2.75) is 33.1 Å². The van der Waals surface area contributed by atoms with Crippen LogP contribution >= 0.6 is 0 Å². The lowest BCUT2D eigenvalue weighted by atomic mass is 9.92. The summed E-state index contributed by atoms with van der Waals surface area (Å²) < 4.78 is 5.12. The molecule has 0 fully saturated rings. The van der Waals surface area contributed by atoms with Crippen LogP contribution < -0.4 is 15.4 Å². The standard InChI is InChI=1S/C22H24N8O2/c1-12-6-7-13(26-20(31)15-9-17(30-29-15)22(2,3)4)8-14(12)27-19-18-16(24-11-25-19)10-23-21(28-18)32-5/h6-11H,1-5H3,(H,26,31)(H,29,30)(H,24,25,27). The number of carbonyl (C=O) groups is 1. The molecule has 0 atom stereocenters. The minimum absolute atomic E-state index is 0.150. The highest BCUT2D eigenvalue weighted by atomic mass is 16.5. The van der Waals surface area contributed by atoms with Crippen LogP contribution in [-0.4, -0.2) is 43.2 Å². The largest absolute Gasteiger partial charge is 0.467 e. The molecule has 164 valence electrons. The van der Waals surface area contributed by atoms with Crippen LogP contribution in [0.3, 0.4) is 0 Å². The summed E-state index contributed by atoms with van der Waals surface area (Å²) in [6.07, 6.45) is 3.01. The quantitative estimate of drug-likeness (QED) is 0.435. The minimum Gasteiger partial charge on any atom is -0.467 e. The Hall–Kier alpha value is -4.08. The maximum absolute atomic E-state index is 12.7. The summed E-state index contributed by atoms with van der Waals surface area (Å²) in [6.45, 7) is 8.08. The summed E-state index contributed by atoms with van der Waals surface area (Å²) >= 11 is 0. The van der Waals surface area contributed by atoms with Crippen LogP contribution in [0.2, 0.25) is 0 Å². The van der Waals surface area contributed by atoms with Crippen LogP contribution in [0, 0.1) is 6.92 Å². The molecule has 10 heteroatoms. The Kier molecular flexibility index (Phi) is 5.43. The molecule has 32 heavy (non-hydrogen) atoms. The third-order valence-corrected chi connectivity index (χ3v) is 4.88. The van der Waals surface area contributed by atoms with E-state index in [4.69, 9.17) is 4.74 Å². The number of fused-ring (bicyclic) bond motifs is 1. The zero-order chi connectivity index (χ0) is 22.9. The lowest BCUT2D eigenvalue weighted by Crippen LogP contribution is -2.13. The Morgan fingerprint density at radius 1 is 1.12 bits per heavy atom. The van der Waals surface area contributed by atoms with E-state index in [1.807, 2.05) is 45.9 Å². The third-order valence-electron chi connectivity index (χ3n) is 4.88. The molecule has 0 saturated heterocycles. The van der Waals surface area contributed by atoms with E-state index < -0.39 is 0 Å². The lowest BCUT2D eigenvalue weighted by Gasteiger charge is -2.13. The van der Waals surface area contributed by atoms with Crippen LogP contribution in [0.5, 0.6) is 6.01 Å². The van der Waals surface area contributed by atoms with Gasteiger partial charge in [-0.1, -0.05) is 26.8 Å². The predicted molar refractivity (Wildman–Crippen MR) is 121 cm³/mol. The Balaban J connectivity index is 1.59. The summed E-state index contributed by atoms with van der Waals surface area (Å²) in [4.78, 5) is 29.6. The number of benzene rings is 1. The molecule has 0 spiro atoms. The van der Waals surface area contributed by atoms with Crippen LogP contribution in [-0.2, 0) is 5.41 Å². The first-order valence-corrected chi connectivity index (χ1v) is 10.0. The molecule has 0 saturated carbocycles. The van der Waals surface area contributed by atoms with Crippen LogP contribution in [0.25, 0.3) is 11.0 Å². The second-order valence-corrected chi connectivity index (χ2v) is 8.34. The Labute approximate surface area is 184 Å². The fraction of sp³-hybridized carbons (Fsp3) is 0.273. The van der Waals surface area contributed by atoms with E-state index in [0.717, 1.165) is 16.9 Å². The number of aryl methyl sites for hydroxylation is 1. The fourth-order valence-electron chi connectivity index (χ4n) is 3.01. The first-order valence-electron chi connectivity index (χ1n) is 10.0. The van der Waals surface area contributed by atoms with Gasteiger partial charge in [0.1, 0.15) is 23.1 Å². The number of anilines is 3. The number of aromatic nitrogens is 6. The van der Waals surface area contributed by atoms with Gasteiger partial charge in [-0.05, 0) is 30.7 Å². The molecular weight excluding hydrogens is 408 g/mol. The highest BCUT2D eigenvalue weighted by molar-refractivity contribution is 6.03. The summed E-state index contributed by atoms with van der Waals surface area (Å²) in [5.74, 6) is 0.235. The van der Waals surface area contributed by atoms with E-state index in [1.54, 1.807) is 12.3 Å². The molecule has 1 aromatic carbocycles. The molecule has 0 aliphatic heterocycles. The van der Waals surface area contributed by atoms with Gasteiger partial charge in [0.15, 0.2) is 5.82 Å². The summed E-state index contributed by atoms with van der Waals surface area (Å²) in [5.41, 5.74) is 4.54. The van der Waals surface area contributed by atoms with Gasteiger partial charge >= 0.3 is 6.01 Å². The van der Waals surface area contributed by atoms with Crippen molar-refractivity contribution in [2.75, 3.05) is 17.7 Å². The van der Waals surface area contributed by atoms with E-state index in [1.165, 1.54) is 13.4 Å². The number of methoxy groups -OCH3 is 1. The third kappa shape index (κ3) is 4.34. The number of ether oxygens (including phenoxy) is 1. The van der Waals surface area contributed by atoms with E-state index in [-0.39, 0.29) is 17.3 Å². The predicted octanol–water partition coefficient (Wildman–Crippen LogP) is 3.75. The topological polar surface area (TPSA) is 131 Å². The fourth-order valence-corrected chi connectivity index (χ4v) is 3.01. The van der Waals surface area contributed by atoms with E-state index in [2.05, 4.69) is 40.8 Å². The Bertz CT molecular complexity index is 1290. The number of H-pyrrole nitrogens is 1. The van der Waals surface area contributed by atoms with Gasteiger partial charge in [0.05, 0.1) is 19.0 Å². The number of aromatic amines is 1. The molecule has 0 bridgehead atoms. The van der Waals surface area contributed by atoms with Gasteiger partial charge in [0.2, 0.25) is 0 Å². The van der Waals surface area contributed by atoms with Crippen molar-refractivity contribution < 1.29 is 9.53 Å². The summed E-state index contributed by atoms with van der Waals surface area (Å²) in [7, 11) is 1.50. The molecule has 3 N–H and O–H groups in total. The maximum Gasteiger partial charge on any atom is 0.316 e. The molecule has 4 aromatic rings. The van der Waals surface area contributed by atoms with Gasteiger partial charge in [-0.2, -0.15) is 10.1 Å². The van der Waals surface area contributed by atoms with E-state index in [9.17, 15) is 4.79 Å². The second kappa shape index (κ2) is 8.22. The Morgan fingerprint density at radius 3 is 2.66 bits per heavy atom. The smallest absolute Gasteiger partial charge is 0.316 e. The minimum atomic E-state index is -0.271. The zero-order valence-corrected chi connectivity index (χ0v) is 18.5. The van der Waals surface area contributed by atoms with Gasteiger partial charge < -0.3 is 15.4 Å². The SMILES string of the molecule is COc1ncc2ncnc(Nc3cc(NC(=O)c4cc(C(C)(C)C)n[nH]4)ccc3C)c2n1. The second-order valence-electron chi connectivity index (χ2n) is 8.34. The summed E-state index contributed by atoms with van der Waals surface area (Å²) in [5, 5.41) is 13.2. The van der Waals surface area contributed by atoms with Crippen molar-refractivity contribution in [1.82, 2.24) is 30.1 Å². The van der Waals surface area contributed by atoms with Crippen molar-refractivity contribution in [1.29, 1.82) is 0 Å². The molecular formula is C22H24N8O2. The molecule has 10 nitrogen and oxygen atoms in total. The van der Waals surface area contributed by atoms with Gasteiger partial charge in [0.25, 0.3) is 5.91 Å². The van der Waals surface area contributed by atoms with Crippen LogP contribution in [0.1, 0.15) is 42.5 Å². The first kappa shape index (κ1) is 21.2. The number of rotatable bonds is 5. The highest BCUT2D eigenvalue weighted by Gasteiger charge is 2.20. The van der Waals surface area contributed by atoms with Crippen molar-refractivity contribution in [3.63, 3.8) is 0 Å². The van der Waals surface area contributed by atoms with Crippen LogP contribution in [0.15, 0.2) is 36.8 Å². The molecule has 3 heterocycles. The monoisotopic (exact) mass is 432 g/mol. The number of nitrogens with zero attached hydrogens (tertiary/aromatic N) is 5. The number of hydrogen-bond acceptors (Lipinski definition) is 8. The molecule has 0 aliphatic rings. The van der Waals surface area contributed by atoms with Gasteiger partial charge in [-0.25, -0.2) is 15.0 Å². The number of amides is 1. The van der Waals surface area contributed by atoms with E-state index in [0.29, 0.717) is 28.2 Å². The maximum atomic E-state index is 12.7. The van der Waals surface area contributed by atoms with Gasteiger partial charge in [-0.15, -0.1) is 0 Å².